The highest BCUT2D eigenvalue weighted by molar-refractivity contribution is 6.47. The van der Waals surface area contributed by atoms with Crippen molar-refractivity contribution in [2.24, 2.45) is 10.9 Å². The summed E-state index contributed by atoms with van der Waals surface area (Å²) in [7, 11) is 0. The number of carboxylic acids is 1. The zero-order valence-electron chi connectivity index (χ0n) is 22.3. The van der Waals surface area contributed by atoms with E-state index in [-0.39, 0.29) is 30.8 Å². The quantitative estimate of drug-likeness (QED) is 0.309. The second-order valence-corrected chi connectivity index (χ2v) is 10.9. The van der Waals surface area contributed by atoms with Crippen molar-refractivity contribution in [2.45, 2.75) is 71.5 Å². The molecule has 1 aliphatic heterocycles. The number of nitrogens with zero attached hydrogens (tertiary/aromatic N) is 2. The van der Waals surface area contributed by atoms with E-state index < -0.39 is 11.6 Å². The Morgan fingerprint density at radius 3 is 2.29 bits per heavy atom. The average Bonchev–Trinajstić information content (AvgIpc) is 3.09. The number of carboxylic acid groups (broad SMARTS) is 1. The molecule has 204 valence electrons. The van der Waals surface area contributed by atoms with Crippen LogP contribution in [-0.4, -0.2) is 45.7 Å². The fourth-order valence-corrected chi connectivity index (χ4v) is 5.77. The predicted octanol–water partition coefficient (Wildman–Crippen LogP) is 6.52. The summed E-state index contributed by atoms with van der Waals surface area (Å²) in [5, 5.41) is 12.3. The first-order chi connectivity index (χ1) is 18.0. The van der Waals surface area contributed by atoms with Gasteiger partial charge in [-0.2, -0.15) is 0 Å². The molecule has 0 radical (unpaired) electrons. The monoisotopic (exact) mass is 559 g/mol. The summed E-state index contributed by atoms with van der Waals surface area (Å²) in [6.07, 6.45) is 3.26. The number of nitrogens with one attached hydrogen (secondary N) is 1. The maximum atomic E-state index is 14.0. The van der Waals surface area contributed by atoms with Crippen LogP contribution in [0.25, 0.3) is 0 Å². The predicted molar refractivity (Wildman–Crippen MR) is 151 cm³/mol. The van der Waals surface area contributed by atoms with Gasteiger partial charge in [0.05, 0.1) is 12.5 Å². The van der Waals surface area contributed by atoms with Gasteiger partial charge in [0.1, 0.15) is 11.4 Å². The van der Waals surface area contributed by atoms with E-state index in [1.807, 2.05) is 30.9 Å². The van der Waals surface area contributed by atoms with Crippen LogP contribution in [0.2, 0.25) is 10.0 Å². The second kappa shape index (κ2) is 12.8. The number of carbonyl (C=O) groups excluding carboxylic acids is 2. The zero-order valence-corrected chi connectivity index (χ0v) is 23.8. The molecule has 2 aromatic carbocycles. The fourth-order valence-electron chi connectivity index (χ4n) is 5.24. The fraction of sp³-hybridized carbons (Fsp3) is 0.448. The van der Waals surface area contributed by atoms with Crippen LogP contribution in [0.1, 0.15) is 87.3 Å². The number of amides is 2. The lowest BCUT2D eigenvalue weighted by Gasteiger charge is -2.40. The van der Waals surface area contributed by atoms with E-state index in [0.29, 0.717) is 45.6 Å². The van der Waals surface area contributed by atoms with Gasteiger partial charge >= 0.3 is 5.97 Å². The van der Waals surface area contributed by atoms with Gasteiger partial charge in [-0.1, -0.05) is 68.9 Å². The highest BCUT2D eigenvalue weighted by Gasteiger charge is 2.47. The third kappa shape index (κ3) is 6.94. The van der Waals surface area contributed by atoms with Crippen LogP contribution < -0.4 is 5.32 Å². The molecule has 1 heterocycles. The Hall–Kier alpha value is -2.90. The summed E-state index contributed by atoms with van der Waals surface area (Å²) in [5.74, 6) is -1.15. The first kappa shape index (κ1) is 29.7. The standard InChI is InChI=1S/C29H35Cl2N3O4/c1-5-7-18(3)17-29(4)33-26(21-14-22(30)16-23(31)15-21)28(38)34(29)24(6-2)19-8-10-20(11-9-19)27(37)32-13-12-25(35)36/h8-11,14-16,18,24H,5-7,12-13,17H2,1-4H3,(H,32,37)(H,35,36)/t18?,24-,29?/m1/s1. The molecule has 0 spiro atoms. The molecule has 7 nitrogen and oxygen atoms in total. The first-order valence-corrected chi connectivity index (χ1v) is 13.7. The van der Waals surface area contributed by atoms with Crippen molar-refractivity contribution < 1.29 is 19.5 Å². The Kier molecular flexibility index (Phi) is 9.96. The Morgan fingerprint density at radius 1 is 1.11 bits per heavy atom. The van der Waals surface area contributed by atoms with Crippen LogP contribution in [0, 0.1) is 5.92 Å². The van der Waals surface area contributed by atoms with E-state index in [1.165, 1.54) is 0 Å². The molecule has 2 N–H and O–H groups in total. The van der Waals surface area contributed by atoms with Crippen molar-refractivity contribution in [3.05, 3.63) is 69.2 Å². The van der Waals surface area contributed by atoms with Gasteiger partial charge in [-0.05, 0) is 61.6 Å². The highest BCUT2D eigenvalue weighted by atomic mass is 35.5. The van der Waals surface area contributed by atoms with Gasteiger partial charge in [0.25, 0.3) is 11.8 Å². The molecule has 0 aromatic heterocycles. The van der Waals surface area contributed by atoms with Gasteiger partial charge in [0, 0.05) is 27.7 Å². The maximum absolute atomic E-state index is 14.0. The number of aliphatic imine (C=N–C) groups is 1. The normalized spacial score (nSPS) is 18.7. The number of aliphatic carboxylic acids is 1. The van der Waals surface area contributed by atoms with Crippen molar-refractivity contribution >= 4 is 46.7 Å². The molecule has 2 amide bonds. The number of hydrogen-bond acceptors (Lipinski definition) is 4. The molecule has 0 saturated carbocycles. The number of hydrogen-bond donors (Lipinski definition) is 2. The van der Waals surface area contributed by atoms with Crippen LogP contribution in [-0.2, 0) is 9.59 Å². The minimum atomic E-state index is -0.973. The van der Waals surface area contributed by atoms with Crippen LogP contribution in [0.5, 0.6) is 0 Å². The molecular weight excluding hydrogens is 525 g/mol. The molecule has 3 atom stereocenters. The molecule has 0 bridgehead atoms. The summed E-state index contributed by atoms with van der Waals surface area (Å²) in [6.45, 7) is 8.41. The van der Waals surface area contributed by atoms with Crippen LogP contribution in [0.4, 0.5) is 0 Å². The van der Waals surface area contributed by atoms with Crippen molar-refractivity contribution in [1.29, 1.82) is 0 Å². The maximum Gasteiger partial charge on any atom is 0.305 e. The van der Waals surface area contributed by atoms with Crippen LogP contribution in [0.3, 0.4) is 0 Å². The lowest BCUT2D eigenvalue weighted by Crippen LogP contribution is -2.47. The summed E-state index contributed by atoms with van der Waals surface area (Å²) in [6, 6.07) is 11.9. The minimum absolute atomic E-state index is 0.0533. The van der Waals surface area contributed by atoms with Crippen LogP contribution >= 0.6 is 23.2 Å². The van der Waals surface area contributed by atoms with E-state index in [1.54, 1.807) is 30.3 Å². The number of halogens is 2. The summed E-state index contributed by atoms with van der Waals surface area (Å²) in [5.41, 5.74) is 1.47. The summed E-state index contributed by atoms with van der Waals surface area (Å²) in [4.78, 5) is 44.0. The highest BCUT2D eigenvalue weighted by Crippen LogP contribution is 2.41. The van der Waals surface area contributed by atoms with Crippen molar-refractivity contribution in [2.75, 3.05) is 6.54 Å². The molecule has 1 aliphatic rings. The van der Waals surface area contributed by atoms with Crippen molar-refractivity contribution in [3.63, 3.8) is 0 Å². The number of carbonyl (C=O) groups is 3. The lowest BCUT2D eigenvalue weighted by atomic mass is 9.90. The van der Waals surface area contributed by atoms with E-state index in [0.717, 1.165) is 18.4 Å². The molecular formula is C29H35Cl2N3O4. The van der Waals surface area contributed by atoms with Gasteiger partial charge in [-0.3, -0.25) is 19.4 Å². The molecule has 9 heteroatoms. The van der Waals surface area contributed by atoms with Gasteiger partial charge in [-0.15, -0.1) is 0 Å². The van der Waals surface area contributed by atoms with E-state index in [4.69, 9.17) is 33.3 Å². The molecule has 3 rings (SSSR count). The number of benzene rings is 2. The topological polar surface area (TPSA) is 99.1 Å². The molecule has 0 fully saturated rings. The molecule has 0 saturated heterocycles. The smallest absolute Gasteiger partial charge is 0.305 e. The van der Waals surface area contributed by atoms with Crippen LogP contribution in [0.15, 0.2) is 47.5 Å². The Morgan fingerprint density at radius 2 is 1.74 bits per heavy atom. The van der Waals surface area contributed by atoms with E-state index >= 15 is 0 Å². The molecule has 2 aromatic rings. The van der Waals surface area contributed by atoms with Crippen molar-refractivity contribution in [3.8, 4) is 0 Å². The second-order valence-electron chi connectivity index (χ2n) is 10.1. The number of rotatable bonds is 12. The first-order valence-electron chi connectivity index (χ1n) is 13.0. The molecule has 2 unspecified atom stereocenters. The SMILES string of the molecule is CCCC(C)CC1(C)N=C(c2cc(Cl)cc(Cl)c2)C(=O)N1[C@H](CC)c1ccc(C(=O)NCCC(=O)O)cc1. The lowest BCUT2D eigenvalue weighted by molar-refractivity contribution is -0.137. The Labute approximate surface area is 234 Å². The van der Waals surface area contributed by atoms with E-state index in [9.17, 15) is 14.4 Å². The Bertz CT molecular complexity index is 1190. The largest absolute Gasteiger partial charge is 0.481 e. The Balaban J connectivity index is 1.95. The summed E-state index contributed by atoms with van der Waals surface area (Å²) < 4.78 is 0. The van der Waals surface area contributed by atoms with Crippen molar-refractivity contribution in [1.82, 2.24) is 10.2 Å². The van der Waals surface area contributed by atoms with Gasteiger partial charge in [0.2, 0.25) is 0 Å². The molecule has 38 heavy (non-hydrogen) atoms. The summed E-state index contributed by atoms with van der Waals surface area (Å²) >= 11 is 12.5. The third-order valence-corrected chi connectivity index (χ3v) is 7.26. The van der Waals surface area contributed by atoms with Gasteiger partial charge in [0.15, 0.2) is 0 Å². The zero-order chi connectivity index (χ0) is 28.0. The minimum Gasteiger partial charge on any atom is -0.481 e. The molecule has 0 aliphatic carbocycles. The van der Waals surface area contributed by atoms with Gasteiger partial charge in [-0.25, -0.2) is 0 Å². The van der Waals surface area contributed by atoms with Gasteiger partial charge < -0.3 is 15.3 Å². The third-order valence-electron chi connectivity index (χ3n) is 6.83. The average molecular weight is 561 g/mol. The van der Waals surface area contributed by atoms with E-state index in [2.05, 4.69) is 19.2 Å².